The molecule has 2 rings (SSSR count). The van der Waals surface area contributed by atoms with Gasteiger partial charge in [0.05, 0.1) is 11.3 Å². The molecule has 0 heterocycles. The van der Waals surface area contributed by atoms with Crippen LogP contribution in [0.25, 0.3) is 0 Å². The van der Waals surface area contributed by atoms with E-state index >= 15 is 0 Å². The van der Waals surface area contributed by atoms with Crippen molar-refractivity contribution in [1.82, 2.24) is 5.32 Å². The summed E-state index contributed by atoms with van der Waals surface area (Å²) in [6, 6.07) is 15.0. The van der Waals surface area contributed by atoms with Crippen LogP contribution in [0.15, 0.2) is 53.4 Å². The number of thioether (sulfide) groups is 1. The second-order valence-electron chi connectivity index (χ2n) is 6.39. The van der Waals surface area contributed by atoms with Gasteiger partial charge in [0.25, 0.3) is 5.91 Å². The lowest BCUT2D eigenvalue weighted by molar-refractivity contribution is -0.115. The first-order chi connectivity index (χ1) is 12.4. The second-order valence-corrected chi connectivity index (χ2v) is 7.41. The Hall–Kier alpha value is -2.02. The summed E-state index contributed by atoms with van der Waals surface area (Å²) in [6.45, 7) is 4.61. The van der Waals surface area contributed by atoms with Gasteiger partial charge in [-0.3, -0.25) is 9.59 Å². The Kier molecular flexibility index (Phi) is 9.35. The highest BCUT2D eigenvalue weighted by Gasteiger charge is 2.14. The molecule has 2 aromatic rings. The van der Waals surface area contributed by atoms with Gasteiger partial charge in [0.1, 0.15) is 0 Å². The summed E-state index contributed by atoms with van der Waals surface area (Å²) < 4.78 is 0. The number of rotatable bonds is 8. The van der Waals surface area contributed by atoms with Gasteiger partial charge in [0.2, 0.25) is 5.91 Å². The minimum atomic E-state index is -0.419. The van der Waals surface area contributed by atoms with E-state index < -0.39 is 5.91 Å². The largest absolute Gasteiger partial charge is 0.369 e. The Bertz CT molecular complexity index is 766. The topological polar surface area (TPSA) is 98.2 Å². The maximum atomic E-state index is 12.5. The first-order valence-corrected chi connectivity index (χ1v) is 9.50. The fourth-order valence-electron chi connectivity index (χ4n) is 2.47. The average Bonchev–Trinajstić information content (AvgIpc) is 2.64. The quantitative estimate of drug-likeness (QED) is 0.585. The van der Waals surface area contributed by atoms with E-state index in [1.165, 1.54) is 17.3 Å². The van der Waals surface area contributed by atoms with Crippen LogP contribution >= 0.6 is 24.2 Å². The van der Waals surface area contributed by atoms with Crippen LogP contribution in [0, 0.1) is 0 Å². The van der Waals surface area contributed by atoms with Crippen molar-refractivity contribution in [2.75, 3.05) is 12.3 Å². The highest BCUT2D eigenvalue weighted by atomic mass is 35.5. The van der Waals surface area contributed by atoms with E-state index in [0.717, 1.165) is 10.5 Å². The third-order valence-electron chi connectivity index (χ3n) is 4.02. The molecule has 5 N–H and O–H groups in total. The maximum Gasteiger partial charge on any atom is 0.252 e. The lowest BCUT2D eigenvalue weighted by Crippen LogP contribution is -2.32. The number of carbonyl (C=O) groups is 2. The van der Waals surface area contributed by atoms with Crippen LogP contribution in [-0.4, -0.2) is 24.1 Å². The van der Waals surface area contributed by atoms with Crippen molar-refractivity contribution in [2.24, 2.45) is 11.5 Å². The Labute approximate surface area is 170 Å². The molecule has 146 valence electrons. The summed E-state index contributed by atoms with van der Waals surface area (Å²) in [5.74, 6) is -0.0373. The summed E-state index contributed by atoms with van der Waals surface area (Å²) >= 11 is 1.25. The second kappa shape index (κ2) is 11.0. The number of halogens is 1. The number of benzene rings is 2. The molecule has 0 saturated heterocycles. The van der Waals surface area contributed by atoms with Crippen molar-refractivity contribution < 1.29 is 9.59 Å². The first kappa shape index (κ1) is 23.0. The molecule has 0 fully saturated rings. The zero-order chi connectivity index (χ0) is 19.1. The number of amides is 2. The molecule has 0 spiro atoms. The van der Waals surface area contributed by atoms with Crippen molar-refractivity contribution in [3.63, 3.8) is 0 Å². The fraction of sp³-hybridized carbons (Fsp3) is 0.300. The lowest BCUT2D eigenvalue weighted by atomic mass is 9.99. The van der Waals surface area contributed by atoms with E-state index in [0.29, 0.717) is 18.0 Å². The van der Waals surface area contributed by atoms with Crippen LogP contribution in [0.5, 0.6) is 0 Å². The maximum absolute atomic E-state index is 12.5. The Morgan fingerprint density at radius 3 is 2.22 bits per heavy atom. The summed E-state index contributed by atoms with van der Waals surface area (Å²) in [7, 11) is 0. The molecule has 0 radical (unpaired) electrons. The van der Waals surface area contributed by atoms with Gasteiger partial charge in [-0.1, -0.05) is 50.2 Å². The third-order valence-corrected chi connectivity index (χ3v) is 5.11. The molecule has 1 atom stereocenters. The normalized spacial score (nSPS) is 11.6. The predicted octanol–water partition coefficient (Wildman–Crippen LogP) is 3.24. The number of hydrogen-bond donors (Lipinski definition) is 3. The molecule has 0 aliphatic rings. The van der Waals surface area contributed by atoms with Gasteiger partial charge < -0.3 is 16.8 Å². The molecule has 0 bridgehead atoms. The Balaban J connectivity index is 0.00000364. The molecule has 27 heavy (non-hydrogen) atoms. The standard InChI is InChI=1S/C20H25N3O2S.ClH/c1-13(2)14-7-9-15(10-8-14)17(21)11-23-20(25)16-5-3-4-6-18(16)26-12-19(22)24;/h3-10,13,17H,11-12,21H2,1-2H3,(H2,22,24)(H,23,25);1H. The van der Waals surface area contributed by atoms with E-state index in [1.807, 2.05) is 18.2 Å². The summed E-state index contributed by atoms with van der Waals surface area (Å²) in [5, 5.41) is 2.87. The van der Waals surface area contributed by atoms with Crippen molar-refractivity contribution in [3.05, 3.63) is 65.2 Å². The van der Waals surface area contributed by atoms with E-state index in [4.69, 9.17) is 11.5 Å². The van der Waals surface area contributed by atoms with Crippen molar-refractivity contribution in [2.45, 2.75) is 30.7 Å². The summed E-state index contributed by atoms with van der Waals surface area (Å²) in [5.41, 5.74) is 14.1. The van der Waals surface area contributed by atoms with Crippen LogP contribution in [0.1, 0.15) is 47.3 Å². The van der Waals surface area contributed by atoms with E-state index in [9.17, 15) is 9.59 Å². The number of nitrogens with one attached hydrogen (secondary N) is 1. The van der Waals surface area contributed by atoms with Gasteiger partial charge in [0, 0.05) is 17.5 Å². The van der Waals surface area contributed by atoms with E-state index in [-0.39, 0.29) is 30.1 Å². The van der Waals surface area contributed by atoms with E-state index in [2.05, 4.69) is 31.3 Å². The molecule has 0 aliphatic heterocycles. The molecular weight excluding hydrogens is 382 g/mol. The molecule has 2 aromatic carbocycles. The van der Waals surface area contributed by atoms with Crippen LogP contribution in [-0.2, 0) is 4.79 Å². The van der Waals surface area contributed by atoms with Gasteiger partial charge in [-0.25, -0.2) is 0 Å². The zero-order valence-electron chi connectivity index (χ0n) is 15.5. The molecule has 5 nitrogen and oxygen atoms in total. The highest BCUT2D eigenvalue weighted by molar-refractivity contribution is 8.00. The minimum Gasteiger partial charge on any atom is -0.369 e. The molecule has 2 amide bonds. The van der Waals surface area contributed by atoms with Gasteiger partial charge in [0.15, 0.2) is 0 Å². The monoisotopic (exact) mass is 407 g/mol. The molecule has 1 unspecified atom stereocenters. The predicted molar refractivity (Wildman–Crippen MR) is 113 cm³/mol. The molecule has 0 saturated carbocycles. The smallest absolute Gasteiger partial charge is 0.252 e. The van der Waals surface area contributed by atoms with E-state index in [1.54, 1.807) is 18.2 Å². The number of nitrogens with two attached hydrogens (primary N) is 2. The van der Waals surface area contributed by atoms with Crippen molar-refractivity contribution in [1.29, 1.82) is 0 Å². The SMILES string of the molecule is CC(C)c1ccc(C(N)CNC(=O)c2ccccc2SCC(N)=O)cc1.Cl. The highest BCUT2D eigenvalue weighted by Crippen LogP contribution is 2.22. The summed E-state index contributed by atoms with van der Waals surface area (Å²) in [4.78, 5) is 24.2. The van der Waals surface area contributed by atoms with Gasteiger partial charge >= 0.3 is 0 Å². The van der Waals surface area contributed by atoms with Crippen LogP contribution in [0.3, 0.4) is 0 Å². The average molecular weight is 408 g/mol. The fourth-order valence-corrected chi connectivity index (χ4v) is 3.26. The summed E-state index contributed by atoms with van der Waals surface area (Å²) in [6.07, 6.45) is 0. The van der Waals surface area contributed by atoms with Crippen LogP contribution in [0.4, 0.5) is 0 Å². The van der Waals surface area contributed by atoms with Crippen LogP contribution in [0.2, 0.25) is 0 Å². The number of hydrogen-bond acceptors (Lipinski definition) is 4. The van der Waals surface area contributed by atoms with Gasteiger partial charge in [-0.05, 0) is 29.2 Å². The first-order valence-electron chi connectivity index (χ1n) is 8.52. The van der Waals surface area contributed by atoms with Crippen molar-refractivity contribution >= 4 is 36.0 Å². The third kappa shape index (κ3) is 6.90. The lowest BCUT2D eigenvalue weighted by Gasteiger charge is -2.15. The molecular formula is C20H26ClN3O2S. The van der Waals surface area contributed by atoms with Gasteiger partial charge in [-0.2, -0.15) is 0 Å². The minimum absolute atomic E-state index is 0. The molecule has 0 aromatic heterocycles. The molecule has 7 heteroatoms. The Morgan fingerprint density at radius 2 is 1.63 bits per heavy atom. The number of carbonyl (C=O) groups excluding carboxylic acids is 2. The van der Waals surface area contributed by atoms with Gasteiger partial charge in [-0.15, -0.1) is 24.2 Å². The Morgan fingerprint density at radius 1 is 1.04 bits per heavy atom. The molecule has 0 aliphatic carbocycles. The van der Waals surface area contributed by atoms with Crippen molar-refractivity contribution in [3.8, 4) is 0 Å². The number of primary amides is 1. The van der Waals surface area contributed by atoms with Crippen LogP contribution < -0.4 is 16.8 Å². The zero-order valence-corrected chi connectivity index (χ0v) is 17.1.